The minimum absolute atomic E-state index is 0.156. The monoisotopic (exact) mass is 290 g/mol. The number of nitrogens with zero attached hydrogens (tertiary/aromatic N) is 2. The van der Waals surface area contributed by atoms with Gasteiger partial charge in [0.1, 0.15) is 0 Å². The fourth-order valence-corrected chi connectivity index (χ4v) is 4.64. The molecule has 2 aliphatic carbocycles. The van der Waals surface area contributed by atoms with E-state index in [0.717, 1.165) is 38.5 Å². The van der Waals surface area contributed by atoms with Crippen molar-refractivity contribution in [2.24, 2.45) is 33.2 Å². The first-order valence-corrected chi connectivity index (χ1v) is 8.14. The molecule has 0 saturated heterocycles. The first-order valence-electron chi connectivity index (χ1n) is 8.14. The van der Waals surface area contributed by atoms with Crippen molar-refractivity contribution in [1.82, 2.24) is 0 Å². The van der Waals surface area contributed by atoms with Crippen molar-refractivity contribution in [2.75, 3.05) is 0 Å². The first-order chi connectivity index (χ1) is 10.00. The van der Waals surface area contributed by atoms with Gasteiger partial charge in [0.2, 0.25) is 12.2 Å². The van der Waals surface area contributed by atoms with Gasteiger partial charge in [-0.2, -0.15) is 0 Å². The lowest BCUT2D eigenvalue weighted by Crippen LogP contribution is -2.41. The first kappa shape index (κ1) is 16.1. The molecule has 2 fully saturated rings. The Kier molecular flexibility index (Phi) is 5.13. The highest BCUT2D eigenvalue weighted by Crippen LogP contribution is 2.51. The van der Waals surface area contributed by atoms with Gasteiger partial charge in [-0.1, -0.05) is 20.8 Å². The van der Waals surface area contributed by atoms with E-state index in [1.165, 1.54) is 0 Å². The molecule has 4 heteroatoms. The van der Waals surface area contributed by atoms with Crippen LogP contribution in [0.15, 0.2) is 9.98 Å². The second kappa shape index (κ2) is 6.68. The normalized spacial score (nSPS) is 43.5. The van der Waals surface area contributed by atoms with Gasteiger partial charge < -0.3 is 0 Å². The van der Waals surface area contributed by atoms with Crippen LogP contribution in [0.3, 0.4) is 0 Å². The quantitative estimate of drug-likeness (QED) is 0.588. The van der Waals surface area contributed by atoms with Crippen molar-refractivity contribution >= 4 is 12.2 Å². The summed E-state index contributed by atoms with van der Waals surface area (Å²) in [6.45, 7) is 6.80. The lowest BCUT2D eigenvalue weighted by atomic mass is 9.58. The van der Waals surface area contributed by atoms with Gasteiger partial charge in [0, 0.05) is 0 Å². The van der Waals surface area contributed by atoms with E-state index in [0.29, 0.717) is 23.2 Å². The molecule has 6 atom stereocenters. The number of carbonyl (C=O) groups excluding carboxylic acids is 2. The molecule has 0 spiro atoms. The van der Waals surface area contributed by atoms with E-state index in [9.17, 15) is 9.59 Å². The molecular weight excluding hydrogens is 264 g/mol. The lowest BCUT2D eigenvalue weighted by molar-refractivity contribution is 0.0377. The van der Waals surface area contributed by atoms with Gasteiger partial charge in [-0.3, -0.25) is 0 Å². The standard InChI is InChI=1S/C17H26N2O2/c1-12-8-14(4-5-15(12)18-10-20)17(3)7-6-16(19-11-21)13(2)9-17/h12-16H,4-9H2,1-3H3. The van der Waals surface area contributed by atoms with Gasteiger partial charge in [0.25, 0.3) is 0 Å². The zero-order valence-corrected chi connectivity index (χ0v) is 13.3. The Morgan fingerprint density at radius 3 is 2.10 bits per heavy atom. The Morgan fingerprint density at radius 1 is 0.952 bits per heavy atom. The van der Waals surface area contributed by atoms with Crippen LogP contribution in [0, 0.1) is 23.2 Å². The van der Waals surface area contributed by atoms with Crippen LogP contribution >= 0.6 is 0 Å². The molecule has 2 rings (SSSR count). The second-order valence-corrected chi connectivity index (χ2v) is 7.44. The Morgan fingerprint density at radius 2 is 1.57 bits per heavy atom. The molecule has 0 heterocycles. The molecule has 0 bridgehead atoms. The number of aliphatic imine (C=N–C) groups is 2. The molecule has 21 heavy (non-hydrogen) atoms. The third-order valence-corrected chi connectivity index (χ3v) is 6.00. The van der Waals surface area contributed by atoms with E-state index in [1.54, 1.807) is 12.2 Å². The second-order valence-electron chi connectivity index (χ2n) is 7.44. The molecule has 116 valence electrons. The van der Waals surface area contributed by atoms with Crippen molar-refractivity contribution in [2.45, 2.75) is 71.4 Å². The fourth-order valence-electron chi connectivity index (χ4n) is 4.64. The molecule has 0 N–H and O–H groups in total. The summed E-state index contributed by atoms with van der Waals surface area (Å²) in [5, 5.41) is 0. The SMILES string of the molecule is CC1CC(C2(C)CCC(N=C=O)C(C)C2)CCC1N=C=O. The van der Waals surface area contributed by atoms with Gasteiger partial charge in [-0.05, 0) is 61.7 Å². The highest BCUT2D eigenvalue weighted by Gasteiger charge is 2.43. The summed E-state index contributed by atoms with van der Waals surface area (Å²) >= 11 is 0. The van der Waals surface area contributed by atoms with Crippen LogP contribution in [0.5, 0.6) is 0 Å². The van der Waals surface area contributed by atoms with Crippen molar-refractivity contribution in [3.63, 3.8) is 0 Å². The molecule has 0 aromatic heterocycles. The summed E-state index contributed by atoms with van der Waals surface area (Å²) in [5.74, 6) is 1.60. The zero-order chi connectivity index (χ0) is 15.5. The van der Waals surface area contributed by atoms with Crippen LogP contribution in [0.4, 0.5) is 0 Å². The number of rotatable bonds is 3. The van der Waals surface area contributed by atoms with Crippen LogP contribution in [-0.2, 0) is 9.59 Å². The van der Waals surface area contributed by atoms with Crippen LogP contribution in [0.2, 0.25) is 0 Å². The van der Waals surface area contributed by atoms with Crippen molar-refractivity contribution in [3.05, 3.63) is 0 Å². The average molecular weight is 290 g/mol. The lowest BCUT2D eigenvalue weighted by Gasteiger charge is -2.48. The van der Waals surface area contributed by atoms with Gasteiger partial charge >= 0.3 is 0 Å². The molecule has 2 saturated carbocycles. The maximum Gasteiger partial charge on any atom is 0.235 e. The van der Waals surface area contributed by atoms with Crippen LogP contribution in [0.1, 0.15) is 59.3 Å². The molecule has 6 unspecified atom stereocenters. The Labute approximate surface area is 127 Å². The fraction of sp³-hybridized carbons (Fsp3) is 0.882. The van der Waals surface area contributed by atoms with E-state index in [-0.39, 0.29) is 12.1 Å². The van der Waals surface area contributed by atoms with E-state index in [4.69, 9.17) is 0 Å². The molecule has 0 aliphatic heterocycles. The largest absolute Gasteiger partial charge is 0.235 e. The third kappa shape index (κ3) is 3.51. The molecular formula is C17H26N2O2. The smallest absolute Gasteiger partial charge is 0.211 e. The van der Waals surface area contributed by atoms with E-state index >= 15 is 0 Å². The molecule has 0 aromatic rings. The Balaban J connectivity index is 2.02. The summed E-state index contributed by atoms with van der Waals surface area (Å²) in [7, 11) is 0. The summed E-state index contributed by atoms with van der Waals surface area (Å²) in [5.41, 5.74) is 0.332. The van der Waals surface area contributed by atoms with Crippen LogP contribution < -0.4 is 0 Å². The average Bonchev–Trinajstić information content (AvgIpc) is 2.44. The van der Waals surface area contributed by atoms with E-state index in [2.05, 4.69) is 30.8 Å². The minimum Gasteiger partial charge on any atom is -0.211 e. The minimum atomic E-state index is 0.156. The Bertz CT molecular complexity index is 465. The maximum absolute atomic E-state index is 10.5. The van der Waals surface area contributed by atoms with Crippen molar-refractivity contribution in [1.29, 1.82) is 0 Å². The van der Waals surface area contributed by atoms with Gasteiger partial charge in [0.15, 0.2) is 0 Å². The van der Waals surface area contributed by atoms with Gasteiger partial charge in [-0.25, -0.2) is 19.6 Å². The molecule has 0 radical (unpaired) electrons. The number of hydrogen-bond donors (Lipinski definition) is 0. The summed E-state index contributed by atoms with van der Waals surface area (Å²) in [6, 6.07) is 0.319. The summed E-state index contributed by atoms with van der Waals surface area (Å²) < 4.78 is 0. The van der Waals surface area contributed by atoms with Crippen molar-refractivity contribution in [3.8, 4) is 0 Å². The highest BCUT2D eigenvalue weighted by atomic mass is 16.1. The summed E-state index contributed by atoms with van der Waals surface area (Å²) in [6.07, 6.45) is 9.99. The van der Waals surface area contributed by atoms with Crippen LogP contribution in [-0.4, -0.2) is 24.2 Å². The van der Waals surface area contributed by atoms with Gasteiger partial charge in [-0.15, -0.1) is 0 Å². The van der Waals surface area contributed by atoms with E-state index in [1.807, 2.05) is 0 Å². The van der Waals surface area contributed by atoms with Crippen LogP contribution in [0.25, 0.3) is 0 Å². The number of hydrogen-bond acceptors (Lipinski definition) is 4. The summed E-state index contributed by atoms with van der Waals surface area (Å²) in [4.78, 5) is 28.9. The zero-order valence-electron chi connectivity index (χ0n) is 13.3. The van der Waals surface area contributed by atoms with Crippen molar-refractivity contribution < 1.29 is 9.59 Å². The van der Waals surface area contributed by atoms with Gasteiger partial charge in [0.05, 0.1) is 12.1 Å². The topological polar surface area (TPSA) is 58.9 Å². The maximum atomic E-state index is 10.5. The third-order valence-electron chi connectivity index (χ3n) is 6.00. The molecule has 2 aliphatic rings. The Hall–Kier alpha value is -1.24. The predicted molar refractivity (Wildman–Crippen MR) is 81.4 cm³/mol. The molecule has 4 nitrogen and oxygen atoms in total. The molecule has 0 amide bonds. The van der Waals surface area contributed by atoms with E-state index < -0.39 is 0 Å². The number of isocyanates is 2. The highest BCUT2D eigenvalue weighted by molar-refractivity contribution is 5.34. The molecule has 0 aromatic carbocycles. The predicted octanol–water partition coefficient (Wildman–Crippen LogP) is 3.66.